The van der Waals surface area contributed by atoms with E-state index in [4.69, 9.17) is 10.5 Å². The lowest BCUT2D eigenvalue weighted by atomic mass is 9.82. The van der Waals surface area contributed by atoms with E-state index in [9.17, 15) is 9.59 Å². The molecule has 8 heteroatoms. The Morgan fingerprint density at radius 2 is 2.25 bits per heavy atom. The molecule has 4 N–H and O–H groups in total. The highest BCUT2D eigenvalue weighted by atomic mass is 16.5. The van der Waals surface area contributed by atoms with E-state index >= 15 is 0 Å². The highest BCUT2D eigenvalue weighted by Crippen LogP contribution is 2.42. The maximum atomic E-state index is 12.5. The third-order valence-electron chi connectivity index (χ3n) is 3.80. The Labute approximate surface area is 137 Å². The number of carbonyl (C=O) groups excluding carboxylic acids is 1. The lowest BCUT2D eigenvalue weighted by Crippen LogP contribution is -2.29. The first-order valence-electron chi connectivity index (χ1n) is 7.47. The highest BCUT2D eigenvalue weighted by molar-refractivity contribution is 5.95. The molecule has 0 saturated carbocycles. The van der Waals surface area contributed by atoms with Crippen molar-refractivity contribution >= 4 is 17.6 Å². The summed E-state index contributed by atoms with van der Waals surface area (Å²) >= 11 is 0. The van der Waals surface area contributed by atoms with Crippen molar-refractivity contribution < 1.29 is 9.53 Å². The van der Waals surface area contributed by atoms with Crippen LogP contribution in [0.5, 0.6) is 0 Å². The first-order valence-corrected chi connectivity index (χ1v) is 7.47. The van der Waals surface area contributed by atoms with E-state index in [-0.39, 0.29) is 12.4 Å². The molecule has 2 aromatic heterocycles. The molecule has 2 aromatic rings. The minimum absolute atomic E-state index is 0.153. The van der Waals surface area contributed by atoms with Gasteiger partial charge in [-0.05, 0) is 25.5 Å². The number of nitrogen functional groups attached to an aromatic ring is 1. The van der Waals surface area contributed by atoms with Crippen molar-refractivity contribution in [3.8, 4) is 0 Å². The third kappa shape index (κ3) is 2.62. The topological polar surface area (TPSA) is 123 Å². The number of carbonyl (C=O) groups is 1. The van der Waals surface area contributed by atoms with Crippen LogP contribution in [0.4, 0.5) is 11.6 Å². The number of fused-ring (bicyclic) bond motifs is 1. The van der Waals surface area contributed by atoms with Crippen LogP contribution in [0.1, 0.15) is 30.9 Å². The van der Waals surface area contributed by atoms with Gasteiger partial charge in [-0.25, -0.2) is 9.59 Å². The molecule has 0 saturated heterocycles. The molecular formula is C16H17N5O3. The number of pyridine rings is 1. The van der Waals surface area contributed by atoms with Gasteiger partial charge in [-0.15, -0.1) is 0 Å². The van der Waals surface area contributed by atoms with Crippen molar-refractivity contribution in [2.45, 2.75) is 19.8 Å². The van der Waals surface area contributed by atoms with Crippen molar-refractivity contribution in [1.82, 2.24) is 15.0 Å². The number of anilines is 2. The molecule has 0 aliphatic carbocycles. The molecular weight excluding hydrogens is 310 g/mol. The molecule has 1 aliphatic rings. The molecule has 0 fully saturated rings. The molecule has 1 atom stereocenters. The van der Waals surface area contributed by atoms with E-state index < -0.39 is 17.6 Å². The summed E-state index contributed by atoms with van der Waals surface area (Å²) in [6.07, 6.45) is 3.29. The molecule has 0 amide bonds. The largest absolute Gasteiger partial charge is 0.463 e. The second-order valence-corrected chi connectivity index (χ2v) is 5.32. The number of hydrogen-bond acceptors (Lipinski definition) is 7. The fourth-order valence-corrected chi connectivity index (χ4v) is 2.85. The zero-order chi connectivity index (χ0) is 17.3. The van der Waals surface area contributed by atoms with Gasteiger partial charge in [0.1, 0.15) is 11.6 Å². The minimum atomic E-state index is -0.559. The average Bonchev–Trinajstić information content (AvgIpc) is 2.54. The maximum Gasteiger partial charge on any atom is 0.348 e. The number of rotatable bonds is 3. The number of aromatic amines is 1. The van der Waals surface area contributed by atoms with Crippen LogP contribution in [-0.2, 0) is 9.53 Å². The molecule has 0 aromatic carbocycles. The number of hydrogen-bond donors (Lipinski definition) is 3. The van der Waals surface area contributed by atoms with Gasteiger partial charge in [-0.2, -0.15) is 4.98 Å². The number of aromatic nitrogens is 3. The first kappa shape index (κ1) is 15.7. The van der Waals surface area contributed by atoms with Crippen molar-refractivity contribution in [2.24, 2.45) is 0 Å². The number of nitrogens with one attached hydrogen (secondary N) is 2. The second-order valence-electron chi connectivity index (χ2n) is 5.32. The molecule has 124 valence electrons. The monoisotopic (exact) mass is 327 g/mol. The fourth-order valence-electron chi connectivity index (χ4n) is 2.85. The summed E-state index contributed by atoms with van der Waals surface area (Å²) in [6.45, 7) is 3.73. The lowest BCUT2D eigenvalue weighted by molar-refractivity contribution is -0.138. The van der Waals surface area contributed by atoms with Gasteiger partial charge in [0.05, 0.1) is 18.1 Å². The van der Waals surface area contributed by atoms with Gasteiger partial charge < -0.3 is 15.8 Å². The normalized spacial score (nSPS) is 16.3. The molecule has 1 aliphatic heterocycles. The Morgan fingerprint density at radius 3 is 2.92 bits per heavy atom. The molecule has 3 heterocycles. The van der Waals surface area contributed by atoms with Gasteiger partial charge in [0, 0.05) is 23.7 Å². The predicted molar refractivity (Wildman–Crippen MR) is 88.3 cm³/mol. The zero-order valence-electron chi connectivity index (χ0n) is 13.3. The number of esters is 1. The molecule has 0 radical (unpaired) electrons. The molecule has 8 nitrogen and oxygen atoms in total. The standard InChI is InChI=1S/C16H17N5O3/c1-3-24-15(22)10-8(2)19-14-12(13(17)20-16(23)21-14)11(10)9-5-4-6-18-7-9/h4-7,11H,3H2,1-2H3,(H4,17,19,20,21,23). The van der Waals surface area contributed by atoms with E-state index in [1.165, 1.54) is 0 Å². The summed E-state index contributed by atoms with van der Waals surface area (Å²) in [4.78, 5) is 34.7. The molecule has 1 unspecified atom stereocenters. The molecule has 0 spiro atoms. The second kappa shape index (κ2) is 6.15. The maximum absolute atomic E-state index is 12.5. The van der Waals surface area contributed by atoms with Crippen LogP contribution in [0.15, 0.2) is 40.6 Å². The number of allylic oxidation sites excluding steroid dienone is 1. The summed E-state index contributed by atoms with van der Waals surface area (Å²) in [5, 5.41) is 2.98. The molecule has 24 heavy (non-hydrogen) atoms. The Hall–Kier alpha value is -3.16. The Bertz CT molecular complexity index is 873. The molecule has 0 bridgehead atoms. The van der Waals surface area contributed by atoms with E-state index in [1.54, 1.807) is 32.3 Å². The van der Waals surface area contributed by atoms with Crippen LogP contribution in [0.25, 0.3) is 0 Å². The third-order valence-corrected chi connectivity index (χ3v) is 3.80. The lowest BCUT2D eigenvalue weighted by Gasteiger charge is -2.29. The first-order chi connectivity index (χ1) is 11.5. The smallest absolute Gasteiger partial charge is 0.348 e. The van der Waals surface area contributed by atoms with Gasteiger partial charge in [0.15, 0.2) is 0 Å². The predicted octanol–water partition coefficient (Wildman–Crippen LogP) is 1.14. The number of ether oxygens (including phenoxy) is 1. The van der Waals surface area contributed by atoms with Gasteiger partial charge in [0.25, 0.3) is 0 Å². The Morgan fingerprint density at radius 1 is 1.46 bits per heavy atom. The van der Waals surface area contributed by atoms with Gasteiger partial charge >= 0.3 is 11.7 Å². The number of H-pyrrole nitrogens is 1. The average molecular weight is 327 g/mol. The van der Waals surface area contributed by atoms with Gasteiger partial charge in [-0.3, -0.25) is 9.97 Å². The van der Waals surface area contributed by atoms with Crippen molar-refractivity contribution in [2.75, 3.05) is 17.7 Å². The van der Waals surface area contributed by atoms with Gasteiger partial charge in [0.2, 0.25) is 0 Å². The summed E-state index contributed by atoms with van der Waals surface area (Å²) in [7, 11) is 0. The summed E-state index contributed by atoms with van der Waals surface area (Å²) in [5.41, 5.74) is 7.72. The molecule has 3 rings (SSSR count). The quantitative estimate of drug-likeness (QED) is 0.722. The van der Waals surface area contributed by atoms with E-state index in [1.807, 2.05) is 6.07 Å². The van der Waals surface area contributed by atoms with Crippen molar-refractivity contribution in [3.63, 3.8) is 0 Å². The SMILES string of the molecule is CCOC(=O)C1=C(C)Nc2nc(=O)[nH]c(N)c2C1c1cccnc1. The fraction of sp³-hybridized carbons (Fsp3) is 0.250. The summed E-state index contributed by atoms with van der Waals surface area (Å²) in [6, 6.07) is 3.61. The van der Waals surface area contributed by atoms with Crippen molar-refractivity contribution in [1.29, 1.82) is 0 Å². The van der Waals surface area contributed by atoms with E-state index in [2.05, 4.69) is 20.3 Å². The van der Waals surface area contributed by atoms with Crippen LogP contribution in [0.3, 0.4) is 0 Å². The van der Waals surface area contributed by atoms with Crippen molar-refractivity contribution in [3.05, 3.63) is 57.4 Å². The van der Waals surface area contributed by atoms with Crippen LogP contribution in [0.2, 0.25) is 0 Å². The van der Waals surface area contributed by atoms with Crippen LogP contribution in [-0.4, -0.2) is 27.5 Å². The van der Waals surface area contributed by atoms with Crippen LogP contribution < -0.4 is 16.7 Å². The van der Waals surface area contributed by atoms with Crippen LogP contribution >= 0.6 is 0 Å². The minimum Gasteiger partial charge on any atom is -0.463 e. The summed E-state index contributed by atoms with van der Waals surface area (Å²) < 4.78 is 5.19. The Balaban J connectivity index is 2.26. The summed E-state index contributed by atoms with van der Waals surface area (Å²) in [5.74, 6) is -0.498. The van der Waals surface area contributed by atoms with Crippen LogP contribution in [0, 0.1) is 0 Å². The van der Waals surface area contributed by atoms with E-state index in [0.29, 0.717) is 22.7 Å². The van der Waals surface area contributed by atoms with Gasteiger partial charge in [-0.1, -0.05) is 6.07 Å². The number of nitrogens with zero attached hydrogens (tertiary/aromatic N) is 2. The Kier molecular flexibility index (Phi) is 4.03. The number of nitrogens with two attached hydrogens (primary N) is 1. The van der Waals surface area contributed by atoms with E-state index in [0.717, 1.165) is 5.56 Å². The highest BCUT2D eigenvalue weighted by Gasteiger charge is 2.36. The zero-order valence-corrected chi connectivity index (χ0v) is 13.3.